The van der Waals surface area contributed by atoms with Gasteiger partial charge in [-0.15, -0.1) is 0 Å². The molecule has 0 bridgehead atoms. The zero-order valence-corrected chi connectivity index (χ0v) is 15.8. The first kappa shape index (κ1) is 18.3. The molecule has 3 aromatic carbocycles. The molecule has 0 aliphatic heterocycles. The van der Waals surface area contributed by atoms with Crippen molar-refractivity contribution in [3.05, 3.63) is 90.0 Å². The fourth-order valence-corrected chi connectivity index (χ4v) is 3.83. The van der Waals surface area contributed by atoms with Gasteiger partial charge >= 0.3 is 6.09 Å². The maximum Gasteiger partial charge on any atom is 0.414 e. The number of ether oxygens (including phenoxy) is 1. The summed E-state index contributed by atoms with van der Waals surface area (Å²) >= 11 is 0. The Balaban J connectivity index is 1.56. The SMILES string of the molecule is CC(O)CN(C(=O)OCC1c2ccccc2-c2ccccc21)c1ccccc1. The Morgan fingerprint density at radius 3 is 2.04 bits per heavy atom. The number of benzene rings is 3. The van der Waals surface area contributed by atoms with Crippen molar-refractivity contribution in [1.82, 2.24) is 0 Å². The number of para-hydroxylation sites is 1. The van der Waals surface area contributed by atoms with E-state index in [2.05, 4.69) is 24.3 Å². The average molecular weight is 373 g/mol. The van der Waals surface area contributed by atoms with Gasteiger partial charge in [-0.2, -0.15) is 0 Å². The van der Waals surface area contributed by atoms with E-state index in [9.17, 15) is 9.90 Å². The third kappa shape index (κ3) is 3.51. The summed E-state index contributed by atoms with van der Waals surface area (Å²) in [6.45, 7) is 2.10. The summed E-state index contributed by atoms with van der Waals surface area (Å²) in [5, 5.41) is 9.82. The van der Waals surface area contributed by atoms with Crippen molar-refractivity contribution in [1.29, 1.82) is 0 Å². The Kier molecular flexibility index (Phi) is 5.13. The van der Waals surface area contributed by atoms with Gasteiger partial charge in [0.15, 0.2) is 0 Å². The normalized spacial score (nSPS) is 13.5. The fourth-order valence-electron chi connectivity index (χ4n) is 3.83. The predicted octanol–water partition coefficient (Wildman–Crippen LogP) is 4.82. The molecule has 0 radical (unpaired) electrons. The van der Waals surface area contributed by atoms with Crippen molar-refractivity contribution in [2.75, 3.05) is 18.1 Å². The van der Waals surface area contributed by atoms with Crippen LogP contribution >= 0.6 is 0 Å². The zero-order chi connectivity index (χ0) is 19.5. The molecule has 28 heavy (non-hydrogen) atoms. The summed E-state index contributed by atoms with van der Waals surface area (Å²) in [7, 11) is 0. The third-order valence-corrected chi connectivity index (χ3v) is 5.07. The van der Waals surface area contributed by atoms with Crippen LogP contribution in [0.15, 0.2) is 78.9 Å². The van der Waals surface area contributed by atoms with Gasteiger partial charge in [-0.05, 0) is 41.3 Å². The summed E-state index contributed by atoms with van der Waals surface area (Å²) in [4.78, 5) is 14.3. The number of aliphatic hydroxyl groups is 1. The number of carbonyl (C=O) groups is 1. The van der Waals surface area contributed by atoms with Crippen molar-refractivity contribution >= 4 is 11.8 Å². The van der Waals surface area contributed by atoms with Crippen LogP contribution in [0, 0.1) is 0 Å². The molecule has 1 atom stereocenters. The van der Waals surface area contributed by atoms with E-state index >= 15 is 0 Å². The number of amides is 1. The second-order valence-electron chi connectivity index (χ2n) is 7.10. The predicted molar refractivity (Wildman–Crippen MR) is 111 cm³/mol. The lowest BCUT2D eigenvalue weighted by Crippen LogP contribution is -2.37. The first-order valence-corrected chi connectivity index (χ1v) is 9.51. The van der Waals surface area contributed by atoms with Crippen molar-refractivity contribution < 1.29 is 14.6 Å². The van der Waals surface area contributed by atoms with Gasteiger partial charge in [0.25, 0.3) is 0 Å². The van der Waals surface area contributed by atoms with E-state index < -0.39 is 12.2 Å². The fraction of sp³-hybridized carbons (Fsp3) is 0.208. The molecule has 0 heterocycles. The molecular formula is C24H23NO3. The summed E-state index contributed by atoms with van der Waals surface area (Å²) in [6, 6.07) is 25.8. The molecule has 142 valence electrons. The van der Waals surface area contributed by atoms with Crippen LogP contribution in [0.3, 0.4) is 0 Å². The lowest BCUT2D eigenvalue weighted by Gasteiger charge is -2.24. The second-order valence-corrected chi connectivity index (χ2v) is 7.10. The number of rotatable bonds is 5. The number of nitrogens with zero attached hydrogens (tertiary/aromatic N) is 1. The maximum absolute atomic E-state index is 12.9. The van der Waals surface area contributed by atoms with Crippen LogP contribution in [0.1, 0.15) is 24.0 Å². The quantitative estimate of drug-likeness (QED) is 0.697. The van der Waals surface area contributed by atoms with Crippen LogP contribution in [0.25, 0.3) is 11.1 Å². The smallest absolute Gasteiger partial charge is 0.414 e. The molecule has 4 heteroatoms. The van der Waals surface area contributed by atoms with Crippen molar-refractivity contribution in [3.8, 4) is 11.1 Å². The van der Waals surface area contributed by atoms with Gasteiger partial charge in [0.2, 0.25) is 0 Å². The summed E-state index contributed by atoms with van der Waals surface area (Å²) in [6.07, 6.45) is -1.10. The van der Waals surface area contributed by atoms with Gasteiger partial charge in [0, 0.05) is 11.6 Å². The van der Waals surface area contributed by atoms with Gasteiger partial charge in [0.05, 0.1) is 12.6 Å². The molecule has 1 aliphatic rings. The first-order valence-electron chi connectivity index (χ1n) is 9.51. The zero-order valence-electron chi connectivity index (χ0n) is 15.8. The molecule has 0 spiro atoms. The van der Waals surface area contributed by atoms with Crippen LogP contribution in [0.5, 0.6) is 0 Å². The minimum atomic E-state index is -0.652. The molecule has 1 N–H and O–H groups in total. The van der Waals surface area contributed by atoms with E-state index in [0.29, 0.717) is 5.69 Å². The monoisotopic (exact) mass is 373 g/mol. The van der Waals surface area contributed by atoms with Crippen LogP contribution < -0.4 is 4.90 Å². The second kappa shape index (κ2) is 7.87. The van der Waals surface area contributed by atoms with Gasteiger partial charge in [-0.1, -0.05) is 66.7 Å². The molecule has 1 unspecified atom stereocenters. The lowest BCUT2D eigenvalue weighted by atomic mass is 9.98. The topological polar surface area (TPSA) is 49.8 Å². The molecular weight excluding hydrogens is 350 g/mol. The summed E-state index contributed by atoms with van der Waals surface area (Å²) < 4.78 is 5.73. The largest absolute Gasteiger partial charge is 0.448 e. The van der Waals surface area contributed by atoms with E-state index in [1.54, 1.807) is 6.92 Å². The minimum absolute atomic E-state index is 0.0144. The van der Waals surface area contributed by atoms with Crippen molar-refractivity contribution in [2.45, 2.75) is 18.9 Å². The van der Waals surface area contributed by atoms with Gasteiger partial charge in [0.1, 0.15) is 6.61 Å². The Labute approximate surface area is 165 Å². The van der Waals surface area contributed by atoms with E-state index in [4.69, 9.17) is 4.74 Å². The number of hydrogen-bond acceptors (Lipinski definition) is 3. The number of aliphatic hydroxyl groups excluding tert-OH is 1. The average Bonchev–Trinajstić information content (AvgIpc) is 3.05. The minimum Gasteiger partial charge on any atom is -0.448 e. The number of fused-ring (bicyclic) bond motifs is 3. The standard InChI is InChI=1S/C24H23NO3/c1-17(26)15-25(18-9-3-2-4-10-18)24(27)28-16-23-21-13-7-5-11-19(21)20-12-6-8-14-22(20)23/h2-14,17,23,26H,15-16H2,1H3. The van der Waals surface area contributed by atoms with Crippen LogP contribution in [0.4, 0.5) is 10.5 Å². The molecule has 0 fully saturated rings. The number of anilines is 1. The number of hydrogen-bond donors (Lipinski definition) is 1. The maximum atomic E-state index is 12.9. The Morgan fingerprint density at radius 1 is 0.929 bits per heavy atom. The van der Waals surface area contributed by atoms with Crippen LogP contribution in [-0.2, 0) is 4.74 Å². The molecule has 0 saturated heterocycles. The molecule has 4 nitrogen and oxygen atoms in total. The Bertz CT molecular complexity index is 923. The van der Waals surface area contributed by atoms with E-state index in [1.807, 2.05) is 54.6 Å². The third-order valence-electron chi connectivity index (χ3n) is 5.07. The van der Waals surface area contributed by atoms with E-state index in [1.165, 1.54) is 27.2 Å². The highest BCUT2D eigenvalue weighted by atomic mass is 16.6. The molecule has 1 aliphatic carbocycles. The number of carbonyl (C=O) groups excluding carboxylic acids is 1. The highest BCUT2D eigenvalue weighted by molar-refractivity contribution is 5.88. The van der Waals surface area contributed by atoms with Gasteiger partial charge in [-0.25, -0.2) is 4.79 Å². The summed E-state index contributed by atoms with van der Waals surface area (Å²) in [5.74, 6) is 0.0144. The Morgan fingerprint density at radius 2 is 1.46 bits per heavy atom. The van der Waals surface area contributed by atoms with Gasteiger partial charge < -0.3 is 9.84 Å². The van der Waals surface area contributed by atoms with Crippen LogP contribution in [-0.4, -0.2) is 30.5 Å². The van der Waals surface area contributed by atoms with E-state index in [0.717, 1.165) is 0 Å². The summed E-state index contributed by atoms with van der Waals surface area (Å²) in [5.41, 5.74) is 5.46. The molecule has 4 rings (SSSR count). The molecule has 0 saturated carbocycles. The first-order chi connectivity index (χ1) is 13.6. The van der Waals surface area contributed by atoms with E-state index in [-0.39, 0.29) is 19.1 Å². The molecule has 3 aromatic rings. The lowest BCUT2D eigenvalue weighted by molar-refractivity contribution is 0.142. The van der Waals surface area contributed by atoms with Crippen molar-refractivity contribution in [3.63, 3.8) is 0 Å². The molecule has 0 aromatic heterocycles. The van der Waals surface area contributed by atoms with Crippen molar-refractivity contribution in [2.24, 2.45) is 0 Å². The Hall–Kier alpha value is -3.11. The van der Waals surface area contributed by atoms with Crippen LogP contribution in [0.2, 0.25) is 0 Å². The highest BCUT2D eigenvalue weighted by Crippen LogP contribution is 2.44. The molecule has 1 amide bonds. The van der Waals surface area contributed by atoms with Gasteiger partial charge in [-0.3, -0.25) is 4.90 Å². The highest BCUT2D eigenvalue weighted by Gasteiger charge is 2.30.